The molecular weight excluding hydrogens is 868 g/mol. The lowest BCUT2D eigenvalue weighted by molar-refractivity contribution is -0.384. The number of allylic oxidation sites excluding steroid dienone is 1. The van der Waals surface area contributed by atoms with Gasteiger partial charge < -0.3 is 25.4 Å². The number of hydrogen-bond donors (Lipinski definition) is 3. The van der Waals surface area contributed by atoms with Crippen molar-refractivity contribution in [2.45, 2.75) is 63.0 Å². The third kappa shape index (κ3) is 10.9. The van der Waals surface area contributed by atoms with E-state index in [9.17, 15) is 23.3 Å². The molecule has 18 heteroatoms. The number of benzene rings is 3. The smallest absolute Gasteiger partial charge is 0.293 e. The molecule has 1 atom stereocenters. The van der Waals surface area contributed by atoms with Crippen LogP contribution in [0.5, 0.6) is 11.5 Å². The third-order valence-electron chi connectivity index (χ3n) is 12.3. The van der Waals surface area contributed by atoms with E-state index in [-0.39, 0.29) is 45.1 Å². The number of morpholine rings is 1. The maximum absolute atomic E-state index is 13.9. The second-order valence-electron chi connectivity index (χ2n) is 17.5. The summed E-state index contributed by atoms with van der Waals surface area (Å²) in [6.45, 7) is 10.9. The zero-order chi connectivity index (χ0) is 44.5. The third-order valence-corrected chi connectivity index (χ3v) is 14.2. The van der Waals surface area contributed by atoms with Crippen molar-refractivity contribution in [2.24, 2.45) is 5.41 Å². The lowest BCUT2D eigenvalue weighted by atomic mass is 9.72. The van der Waals surface area contributed by atoms with Crippen LogP contribution in [0.3, 0.4) is 0 Å². The summed E-state index contributed by atoms with van der Waals surface area (Å²) in [5.74, 6) is -0.698. The molecule has 4 aliphatic rings. The number of nitro benzene ring substituents is 1. The number of aromatic nitrogens is 1. The summed E-state index contributed by atoms with van der Waals surface area (Å²) >= 11 is 12.5. The van der Waals surface area contributed by atoms with Crippen LogP contribution in [-0.2, 0) is 14.8 Å². The van der Waals surface area contributed by atoms with Gasteiger partial charge in [-0.1, -0.05) is 54.8 Å². The number of carbonyl (C=O) groups is 1. The lowest BCUT2D eigenvalue weighted by Crippen LogP contribution is -2.47. The van der Waals surface area contributed by atoms with E-state index in [1.54, 1.807) is 12.1 Å². The predicted molar refractivity (Wildman–Crippen MR) is 245 cm³/mol. The molecule has 1 saturated carbocycles. The number of nitrogen functional groups attached to an aromatic ring is 1. The standard InChI is InChI=1S/C45H52Cl2N8O7S/c1-45(2)14-13-30(38(24-45)29-3-5-31(46)6-4-29)27-52-15-17-53(18-16-52)33-9-11-37(42(21-33)62-34-22-39(47)43(48)50-25-34)44(56)51-63(59,60)36-10-12-40(41(23-36)55(57)58)49-26-35-28-54(19-20-61-35)32-7-8-32/h3-6,9-12,21-23,25,32,35,49H,7-8,13-20,24,26-28H2,1-2H3,(H2,48,50)(H,51,56)/t35-/m0/s1. The van der Waals surface area contributed by atoms with Crippen molar-refractivity contribution in [1.29, 1.82) is 0 Å². The number of amides is 1. The molecule has 63 heavy (non-hydrogen) atoms. The fourth-order valence-corrected chi connectivity index (χ4v) is 9.84. The van der Waals surface area contributed by atoms with Gasteiger partial charge >= 0.3 is 0 Å². The first-order chi connectivity index (χ1) is 30.1. The zero-order valence-corrected chi connectivity index (χ0v) is 37.6. The topological polar surface area (TPSA) is 186 Å². The van der Waals surface area contributed by atoms with Gasteiger partial charge in [0.2, 0.25) is 0 Å². The number of pyridine rings is 1. The lowest BCUT2D eigenvalue weighted by Gasteiger charge is -2.39. The molecule has 2 aliphatic carbocycles. The first-order valence-corrected chi connectivity index (χ1v) is 23.5. The van der Waals surface area contributed by atoms with Gasteiger partial charge in [0.15, 0.2) is 0 Å². The predicted octanol–water partition coefficient (Wildman–Crippen LogP) is 7.85. The summed E-state index contributed by atoms with van der Waals surface area (Å²) in [7, 11) is -4.60. The van der Waals surface area contributed by atoms with Crippen molar-refractivity contribution in [1.82, 2.24) is 19.5 Å². The van der Waals surface area contributed by atoms with E-state index in [2.05, 4.69) is 55.7 Å². The zero-order valence-electron chi connectivity index (χ0n) is 35.3. The van der Waals surface area contributed by atoms with Gasteiger partial charge in [-0.2, -0.15) is 0 Å². The minimum absolute atomic E-state index is 0.0450. The largest absolute Gasteiger partial charge is 0.455 e. The van der Waals surface area contributed by atoms with Gasteiger partial charge in [-0.05, 0) is 85.1 Å². The van der Waals surface area contributed by atoms with Crippen LogP contribution in [0.4, 0.5) is 22.9 Å². The molecule has 2 aliphatic heterocycles. The fourth-order valence-electron chi connectivity index (χ4n) is 8.57. The highest BCUT2D eigenvalue weighted by atomic mass is 35.5. The highest BCUT2D eigenvalue weighted by molar-refractivity contribution is 7.90. The van der Waals surface area contributed by atoms with Crippen LogP contribution in [0.25, 0.3) is 5.57 Å². The Morgan fingerprint density at radius 3 is 2.51 bits per heavy atom. The monoisotopic (exact) mass is 918 g/mol. The van der Waals surface area contributed by atoms with Crippen molar-refractivity contribution >= 4 is 67.6 Å². The molecule has 8 rings (SSSR count). The molecule has 2 saturated heterocycles. The van der Waals surface area contributed by atoms with Crippen LogP contribution >= 0.6 is 23.2 Å². The van der Waals surface area contributed by atoms with Gasteiger partial charge in [0.1, 0.15) is 23.0 Å². The van der Waals surface area contributed by atoms with Crippen molar-refractivity contribution in [3.05, 3.63) is 110 Å². The average molecular weight is 920 g/mol. The Balaban J connectivity index is 0.977. The molecule has 1 amide bonds. The molecule has 0 bridgehead atoms. The number of anilines is 3. The molecule has 3 aromatic carbocycles. The molecular formula is C45H52Cl2N8O7S. The summed E-state index contributed by atoms with van der Waals surface area (Å²) in [5.41, 5.74) is 10.5. The minimum atomic E-state index is -4.60. The van der Waals surface area contributed by atoms with Crippen LogP contribution in [-0.4, -0.2) is 105 Å². The van der Waals surface area contributed by atoms with Crippen LogP contribution in [0.1, 0.15) is 61.9 Å². The highest BCUT2D eigenvalue weighted by Crippen LogP contribution is 2.43. The second-order valence-corrected chi connectivity index (χ2v) is 20.0. The quantitative estimate of drug-likeness (QED) is 0.0821. The number of nitro groups is 1. The van der Waals surface area contributed by atoms with E-state index >= 15 is 0 Å². The van der Waals surface area contributed by atoms with Gasteiger partial charge in [-0.15, -0.1) is 0 Å². The second kappa shape index (κ2) is 18.6. The minimum Gasteiger partial charge on any atom is -0.455 e. The number of hydrogen-bond acceptors (Lipinski definition) is 13. The van der Waals surface area contributed by atoms with Crippen LogP contribution < -0.4 is 25.4 Å². The molecule has 1 aromatic heterocycles. The summed E-state index contributed by atoms with van der Waals surface area (Å²) in [6.07, 6.45) is 6.65. The summed E-state index contributed by atoms with van der Waals surface area (Å²) < 4.78 is 41.5. The number of nitrogens with one attached hydrogen (secondary N) is 2. The first-order valence-electron chi connectivity index (χ1n) is 21.2. The number of nitrogens with two attached hydrogens (primary N) is 1. The van der Waals surface area contributed by atoms with E-state index in [0.29, 0.717) is 38.8 Å². The average Bonchev–Trinajstić information content (AvgIpc) is 4.11. The van der Waals surface area contributed by atoms with Crippen molar-refractivity contribution < 1.29 is 27.6 Å². The fraction of sp³-hybridized carbons (Fsp3) is 0.422. The van der Waals surface area contributed by atoms with E-state index < -0.39 is 31.4 Å². The Hall–Kier alpha value is -4.97. The molecule has 0 radical (unpaired) electrons. The maximum Gasteiger partial charge on any atom is 0.293 e. The van der Waals surface area contributed by atoms with Crippen molar-refractivity contribution in [2.75, 3.05) is 74.9 Å². The van der Waals surface area contributed by atoms with Gasteiger partial charge in [0, 0.05) is 87.3 Å². The van der Waals surface area contributed by atoms with Gasteiger partial charge in [-0.3, -0.25) is 24.7 Å². The molecule has 0 spiro atoms. The number of rotatable bonds is 14. The van der Waals surface area contributed by atoms with Gasteiger partial charge in [0.25, 0.3) is 21.6 Å². The summed E-state index contributed by atoms with van der Waals surface area (Å²) in [6, 6.07) is 18.5. The normalized spacial score (nSPS) is 19.7. The van der Waals surface area contributed by atoms with Crippen LogP contribution in [0, 0.1) is 15.5 Å². The van der Waals surface area contributed by atoms with Gasteiger partial charge in [-0.25, -0.2) is 18.1 Å². The number of sulfonamides is 1. The summed E-state index contributed by atoms with van der Waals surface area (Å²) in [5, 5.41) is 16.1. The Kier molecular flexibility index (Phi) is 13.2. The Morgan fingerprint density at radius 2 is 1.79 bits per heavy atom. The van der Waals surface area contributed by atoms with Crippen LogP contribution in [0.15, 0.2) is 83.4 Å². The Labute approximate surface area is 377 Å². The number of piperazine rings is 1. The van der Waals surface area contributed by atoms with E-state index in [4.69, 9.17) is 38.4 Å². The SMILES string of the molecule is CC1(C)CCC(CN2CCN(c3ccc(C(=O)NS(=O)(=O)c4ccc(NC[C@H]5CN(C6CC6)CCO5)c([N+](=O)[O-])c4)c(Oc4cnc(N)c(Cl)c4)c3)CC2)=C(c2ccc(Cl)cc2)C1. The van der Waals surface area contributed by atoms with Crippen molar-refractivity contribution in [3.63, 3.8) is 0 Å². The molecule has 0 unspecified atom stereocenters. The highest BCUT2D eigenvalue weighted by Gasteiger charge is 2.34. The number of carbonyl (C=O) groups excluding carboxylic acids is 1. The molecule has 3 fully saturated rings. The van der Waals surface area contributed by atoms with Gasteiger partial charge in [0.05, 0.1) is 39.3 Å². The number of ether oxygens (including phenoxy) is 2. The molecule has 3 heterocycles. The molecule has 334 valence electrons. The molecule has 4 N–H and O–H groups in total. The number of halogens is 2. The van der Waals surface area contributed by atoms with E-state index in [0.717, 1.165) is 75.1 Å². The molecule has 15 nitrogen and oxygen atoms in total. The first kappa shape index (κ1) is 44.6. The number of nitrogens with zero attached hydrogens (tertiary/aromatic N) is 5. The van der Waals surface area contributed by atoms with E-state index in [1.165, 1.54) is 47.2 Å². The maximum atomic E-state index is 13.9. The van der Waals surface area contributed by atoms with E-state index in [1.807, 2.05) is 12.1 Å². The van der Waals surface area contributed by atoms with Crippen molar-refractivity contribution in [3.8, 4) is 11.5 Å². The Bertz CT molecular complexity index is 2510. The molecule has 4 aromatic rings. The Morgan fingerprint density at radius 1 is 1.03 bits per heavy atom. The van der Waals surface area contributed by atoms with Crippen LogP contribution in [0.2, 0.25) is 10.0 Å². The summed E-state index contributed by atoms with van der Waals surface area (Å²) in [4.78, 5) is 36.0.